The number of hydrogen-bond donors (Lipinski definition) is 2. The average Bonchev–Trinajstić information content (AvgIpc) is 3.30. The van der Waals surface area contributed by atoms with E-state index in [1.165, 1.54) is 0 Å². The van der Waals surface area contributed by atoms with Crippen LogP contribution in [0.2, 0.25) is 0 Å². The van der Waals surface area contributed by atoms with Crippen LogP contribution in [0.25, 0.3) is 32.8 Å². The Kier molecular flexibility index (Phi) is 6.42. The fourth-order valence-electron chi connectivity index (χ4n) is 6.22. The molecule has 2 bridgehead atoms. The first-order valence-corrected chi connectivity index (χ1v) is 13.8. The van der Waals surface area contributed by atoms with E-state index in [1.54, 1.807) is 18.2 Å². The van der Waals surface area contributed by atoms with Crippen LogP contribution >= 0.6 is 0 Å². The maximum atomic E-state index is 16.4. The minimum Gasteiger partial charge on any atom is -0.508 e. The fraction of sp³-hybridized carbons (Fsp3) is 0.400. The second kappa shape index (κ2) is 10.2. The van der Waals surface area contributed by atoms with Gasteiger partial charge in [0, 0.05) is 55.8 Å². The molecule has 2 atom stereocenters. The predicted molar refractivity (Wildman–Crippen MR) is 149 cm³/mol. The number of morpholine rings is 1. The van der Waals surface area contributed by atoms with Crippen molar-refractivity contribution in [3.63, 3.8) is 0 Å². The zero-order valence-corrected chi connectivity index (χ0v) is 21.8. The number of phenolic OH excluding ortho intramolecular Hbond substituents is 1. The van der Waals surface area contributed by atoms with Crippen LogP contribution in [0, 0.1) is 5.82 Å². The topological polar surface area (TPSA) is 83.0 Å². The van der Waals surface area contributed by atoms with Gasteiger partial charge in [0.2, 0.25) is 0 Å². The smallest absolute Gasteiger partial charge is 0.319 e. The van der Waals surface area contributed by atoms with Crippen LogP contribution in [0.3, 0.4) is 0 Å². The van der Waals surface area contributed by atoms with E-state index in [2.05, 4.69) is 20.1 Å². The highest BCUT2D eigenvalue weighted by molar-refractivity contribution is 6.01. The molecule has 2 unspecified atom stereocenters. The molecule has 202 valence electrons. The van der Waals surface area contributed by atoms with E-state index >= 15 is 4.39 Å². The van der Waals surface area contributed by atoms with Crippen LogP contribution in [-0.4, -0.2) is 84.6 Å². The third-order valence-electron chi connectivity index (χ3n) is 8.16. The number of nitrogens with one attached hydrogen (secondary N) is 1. The lowest BCUT2D eigenvalue weighted by molar-refractivity contribution is 0.0317. The van der Waals surface area contributed by atoms with Crippen molar-refractivity contribution in [3.8, 4) is 22.9 Å². The summed E-state index contributed by atoms with van der Waals surface area (Å²) in [7, 11) is 0. The highest BCUT2D eigenvalue weighted by atomic mass is 19.1. The van der Waals surface area contributed by atoms with E-state index in [4.69, 9.17) is 14.5 Å². The Bertz CT molecular complexity index is 1510. The van der Waals surface area contributed by atoms with Gasteiger partial charge < -0.3 is 24.8 Å². The van der Waals surface area contributed by atoms with Gasteiger partial charge in [-0.25, -0.2) is 4.39 Å². The minimum atomic E-state index is -0.442. The summed E-state index contributed by atoms with van der Waals surface area (Å²) >= 11 is 0. The SMILES string of the molecule is Oc1cc(-c2ccc3c(N4CC5CCC(C4)N5)nc(OCCN4CCOCC4)nc3c2F)c2ccccc2c1. The molecule has 39 heavy (non-hydrogen) atoms. The predicted octanol–water partition coefficient (Wildman–Crippen LogP) is 3.95. The second-order valence-electron chi connectivity index (χ2n) is 10.7. The summed E-state index contributed by atoms with van der Waals surface area (Å²) in [6.45, 7) is 5.96. The molecule has 0 amide bonds. The van der Waals surface area contributed by atoms with Crippen LogP contribution in [0.5, 0.6) is 11.8 Å². The Hall–Kier alpha value is -3.53. The van der Waals surface area contributed by atoms with Crippen LogP contribution in [0.15, 0.2) is 48.5 Å². The van der Waals surface area contributed by atoms with Gasteiger partial charge in [0.15, 0.2) is 5.82 Å². The molecule has 3 aliphatic rings. The molecule has 4 heterocycles. The number of nitrogens with zero attached hydrogens (tertiary/aromatic N) is 4. The molecule has 0 aliphatic carbocycles. The standard InChI is InChI=1S/C30H32FN5O3/c31-27-24(26-16-22(37)15-19-3-1-2-4-23(19)26)7-8-25-28(27)33-30(39-14-11-35-9-12-38-13-10-35)34-29(25)36-17-20-5-6-21(18-36)32-20/h1-4,7-8,15-16,20-21,32,37H,5-6,9-14,17-18H2. The number of aromatic nitrogens is 2. The lowest BCUT2D eigenvalue weighted by Gasteiger charge is -2.34. The first-order valence-electron chi connectivity index (χ1n) is 13.8. The highest BCUT2D eigenvalue weighted by Crippen LogP contribution is 2.38. The van der Waals surface area contributed by atoms with Gasteiger partial charge in [-0.2, -0.15) is 9.97 Å². The Balaban J connectivity index is 1.30. The monoisotopic (exact) mass is 529 g/mol. The quantitative estimate of drug-likeness (QED) is 0.389. The number of ether oxygens (including phenoxy) is 2. The number of halogens is 1. The molecule has 4 aromatic rings. The molecule has 9 heteroatoms. The number of fused-ring (bicyclic) bond motifs is 4. The third kappa shape index (κ3) is 4.75. The summed E-state index contributed by atoms with van der Waals surface area (Å²) in [6.07, 6.45) is 2.27. The molecular formula is C30H32FN5O3. The Morgan fingerprint density at radius 1 is 0.974 bits per heavy atom. The Morgan fingerprint density at radius 3 is 2.59 bits per heavy atom. The molecule has 2 N–H and O–H groups in total. The lowest BCUT2D eigenvalue weighted by Crippen LogP contribution is -2.51. The largest absolute Gasteiger partial charge is 0.508 e. The van der Waals surface area contributed by atoms with Gasteiger partial charge >= 0.3 is 6.01 Å². The number of rotatable bonds is 6. The van der Waals surface area contributed by atoms with Crippen LogP contribution in [-0.2, 0) is 4.74 Å². The molecule has 0 radical (unpaired) electrons. The number of hydrogen-bond acceptors (Lipinski definition) is 8. The van der Waals surface area contributed by atoms with Gasteiger partial charge in [0.25, 0.3) is 0 Å². The van der Waals surface area contributed by atoms with Crippen molar-refractivity contribution < 1.29 is 19.0 Å². The van der Waals surface area contributed by atoms with Crippen LogP contribution in [0.4, 0.5) is 10.2 Å². The average molecular weight is 530 g/mol. The van der Waals surface area contributed by atoms with Crippen molar-refractivity contribution in [1.82, 2.24) is 20.2 Å². The zero-order chi connectivity index (χ0) is 26.3. The number of anilines is 1. The molecule has 0 spiro atoms. The van der Waals surface area contributed by atoms with E-state index in [-0.39, 0.29) is 17.3 Å². The van der Waals surface area contributed by atoms with Crippen molar-refractivity contribution >= 4 is 27.5 Å². The first-order chi connectivity index (χ1) is 19.1. The normalized spacial score (nSPS) is 21.6. The zero-order valence-electron chi connectivity index (χ0n) is 21.8. The van der Waals surface area contributed by atoms with Crippen molar-refractivity contribution in [3.05, 3.63) is 54.3 Å². The van der Waals surface area contributed by atoms with E-state index < -0.39 is 5.82 Å². The molecule has 0 saturated carbocycles. The summed E-state index contributed by atoms with van der Waals surface area (Å²) in [5, 5.41) is 16.4. The maximum absolute atomic E-state index is 16.4. The van der Waals surface area contributed by atoms with E-state index in [0.29, 0.717) is 41.0 Å². The number of aromatic hydroxyl groups is 1. The minimum absolute atomic E-state index is 0.0926. The highest BCUT2D eigenvalue weighted by Gasteiger charge is 2.34. The molecule has 3 fully saturated rings. The van der Waals surface area contributed by atoms with E-state index in [0.717, 1.165) is 69.6 Å². The first kappa shape index (κ1) is 24.5. The fourth-order valence-corrected chi connectivity index (χ4v) is 6.22. The van der Waals surface area contributed by atoms with Crippen molar-refractivity contribution in [2.75, 3.05) is 57.4 Å². The molecule has 3 aliphatic heterocycles. The van der Waals surface area contributed by atoms with Crippen molar-refractivity contribution in [2.45, 2.75) is 24.9 Å². The lowest BCUT2D eigenvalue weighted by atomic mass is 9.96. The van der Waals surface area contributed by atoms with Crippen LogP contribution in [0.1, 0.15) is 12.8 Å². The van der Waals surface area contributed by atoms with Crippen molar-refractivity contribution in [2.24, 2.45) is 0 Å². The third-order valence-corrected chi connectivity index (χ3v) is 8.16. The van der Waals surface area contributed by atoms with E-state index in [9.17, 15) is 5.11 Å². The Labute approximate surface area is 226 Å². The van der Waals surface area contributed by atoms with Crippen molar-refractivity contribution in [1.29, 1.82) is 0 Å². The molecule has 1 aromatic heterocycles. The van der Waals surface area contributed by atoms with Gasteiger partial charge in [-0.1, -0.05) is 30.3 Å². The summed E-state index contributed by atoms with van der Waals surface area (Å²) in [5.41, 5.74) is 1.25. The number of piperazine rings is 1. The number of benzene rings is 3. The molecule has 7 rings (SSSR count). The maximum Gasteiger partial charge on any atom is 0.319 e. The summed E-state index contributed by atoms with van der Waals surface area (Å²) in [5.74, 6) is 0.365. The molecule has 8 nitrogen and oxygen atoms in total. The number of phenols is 1. The van der Waals surface area contributed by atoms with Gasteiger partial charge in [0.05, 0.1) is 13.2 Å². The van der Waals surface area contributed by atoms with Gasteiger partial charge in [-0.15, -0.1) is 0 Å². The summed E-state index contributed by atoms with van der Waals surface area (Å²) < 4.78 is 27.9. The molecular weight excluding hydrogens is 497 g/mol. The second-order valence-corrected chi connectivity index (χ2v) is 10.7. The molecule has 3 saturated heterocycles. The van der Waals surface area contributed by atoms with Gasteiger partial charge in [-0.05, 0) is 47.4 Å². The van der Waals surface area contributed by atoms with Crippen LogP contribution < -0.4 is 15.0 Å². The van der Waals surface area contributed by atoms with Gasteiger partial charge in [-0.3, -0.25) is 4.90 Å². The molecule has 3 aromatic carbocycles. The Morgan fingerprint density at radius 2 is 1.77 bits per heavy atom. The summed E-state index contributed by atoms with van der Waals surface area (Å²) in [4.78, 5) is 14.0. The van der Waals surface area contributed by atoms with Gasteiger partial charge in [0.1, 0.15) is 23.7 Å². The van der Waals surface area contributed by atoms with E-state index in [1.807, 2.05) is 30.3 Å². The summed E-state index contributed by atoms with van der Waals surface area (Å²) in [6, 6.07) is 15.7.